The number of hydrogen-bond acceptors (Lipinski definition) is 2. The molecular formula is C14H22O2. The molecule has 0 bridgehead atoms. The molecule has 0 saturated heterocycles. The average Bonchev–Trinajstić information content (AvgIpc) is 2.23. The number of hydrogen-bond donors (Lipinski definition) is 0. The van der Waals surface area contributed by atoms with Crippen LogP contribution in [-0.2, 0) is 9.47 Å². The molecule has 2 nitrogen and oxygen atoms in total. The second-order valence-electron chi connectivity index (χ2n) is 3.99. The third-order valence-corrected chi connectivity index (χ3v) is 2.06. The molecule has 1 unspecified atom stereocenters. The van der Waals surface area contributed by atoms with Gasteiger partial charge in [0.25, 0.3) is 0 Å². The molecule has 1 atom stereocenters. The summed E-state index contributed by atoms with van der Waals surface area (Å²) < 4.78 is 10.1. The monoisotopic (exact) mass is 222 g/mol. The van der Waals surface area contributed by atoms with Gasteiger partial charge in [-0.3, -0.25) is 0 Å². The van der Waals surface area contributed by atoms with Crippen molar-refractivity contribution in [3.05, 3.63) is 23.3 Å². The van der Waals surface area contributed by atoms with E-state index in [1.165, 1.54) is 11.1 Å². The van der Waals surface area contributed by atoms with Gasteiger partial charge in [-0.25, -0.2) is 0 Å². The zero-order valence-electron chi connectivity index (χ0n) is 10.7. The Morgan fingerprint density at radius 2 is 2.06 bits per heavy atom. The fraction of sp³-hybridized carbons (Fsp3) is 0.571. The molecule has 0 aliphatic rings. The van der Waals surface area contributed by atoms with Crippen molar-refractivity contribution >= 4 is 0 Å². The molecule has 0 amide bonds. The average molecular weight is 222 g/mol. The Bertz CT molecular complexity index is 278. The summed E-state index contributed by atoms with van der Waals surface area (Å²) in [6, 6.07) is 0. The summed E-state index contributed by atoms with van der Waals surface area (Å²) in [5.74, 6) is 2.57. The third-order valence-electron chi connectivity index (χ3n) is 2.06. The van der Waals surface area contributed by atoms with Gasteiger partial charge in [-0.15, -0.1) is 6.42 Å². The summed E-state index contributed by atoms with van der Waals surface area (Å²) in [6.45, 7) is 6.50. The lowest BCUT2D eigenvalue weighted by Gasteiger charge is -2.08. The van der Waals surface area contributed by atoms with Gasteiger partial charge in [0.05, 0.1) is 0 Å². The normalized spacial score (nSPS) is 13.1. The third kappa shape index (κ3) is 8.28. The number of terminal acetylenes is 1. The van der Waals surface area contributed by atoms with E-state index in [-0.39, 0.29) is 12.9 Å². The second-order valence-corrected chi connectivity index (χ2v) is 3.99. The highest BCUT2D eigenvalue weighted by Crippen LogP contribution is 2.08. The molecule has 0 rings (SSSR count). The summed E-state index contributed by atoms with van der Waals surface area (Å²) in [6.07, 6.45) is 11.3. The molecule has 16 heavy (non-hydrogen) atoms. The van der Waals surface area contributed by atoms with Crippen LogP contribution in [0.2, 0.25) is 0 Å². The van der Waals surface area contributed by atoms with Crippen LogP contribution in [0.15, 0.2) is 23.3 Å². The van der Waals surface area contributed by atoms with Crippen molar-refractivity contribution in [1.82, 2.24) is 0 Å². The predicted octanol–water partition coefficient (Wildman–Crippen LogP) is 3.30. The molecule has 0 aromatic carbocycles. The quantitative estimate of drug-likeness (QED) is 0.374. The van der Waals surface area contributed by atoms with Crippen molar-refractivity contribution in [2.24, 2.45) is 0 Å². The largest absolute Gasteiger partial charge is 0.359 e. The van der Waals surface area contributed by atoms with E-state index in [1.807, 2.05) is 6.08 Å². The Morgan fingerprint density at radius 1 is 1.38 bits per heavy atom. The molecule has 0 aromatic heterocycles. The summed E-state index contributed by atoms with van der Waals surface area (Å²) in [5.41, 5.74) is 2.59. The standard InChI is InChI=1S/C14H22O2/c1-6-14(16-11-15-5)10-13(4)9-7-8-12(2)3/h1,8,10,14H,7,9,11H2,2-5H3/b13-10+. The zero-order chi connectivity index (χ0) is 12.4. The van der Waals surface area contributed by atoms with E-state index in [9.17, 15) is 0 Å². The summed E-state index contributed by atoms with van der Waals surface area (Å²) in [4.78, 5) is 0. The van der Waals surface area contributed by atoms with Gasteiger partial charge in [-0.1, -0.05) is 23.1 Å². The van der Waals surface area contributed by atoms with Crippen LogP contribution in [0.3, 0.4) is 0 Å². The second kappa shape index (κ2) is 9.21. The SMILES string of the molecule is C#CC(/C=C(\C)CCC=C(C)C)OCOC. The first-order valence-corrected chi connectivity index (χ1v) is 5.47. The molecule has 90 valence electrons. The van der Waals surface area contributed by atoms with E-state index in [1.54, 1.807) is 7.11 Å². The fourth-order valence-electron chi connectivity index (χ4n) is 1.22. The first kappa shape index (κ1) is 15.0. The molecular weight excluding hydrogens is 200 g/mol. The molecule has 0 radical (unpaired) electrons. The zero-order valence-corrected chi connectivity index (χ0v) is 10.7. The molecule has 0 saturated carbocycles. The molecule has 0 aliphatic heterocycles. The summed E-state index contributed by atoms with van der Waals surface area (Å²) in [7, 11) is 1.58. The Balaban J connectivity index is 4.07. The predicted molar refractivity (Wildman–Crippen MR) is 68.0 cm³/mol. The number of ether oxygens (including phenoxy) is 2. The maximum Gasteiger partial charge on any atom is 0.148 e. The molecule has 0 aromatic rings. The summed E-state index contributed by atoms with van der Waals surface area (Å²) in [5, 5.41) is 0. The first-order valence-electron chi connectivity index (χ1n) is 5.47. The summed E-state index contributed by atoms with van der Waals surface area (Å²) >= 11 is 0. The molecule has 0 fully saturated rings. The minimum atomic E-state index is -0.286. The maximum absolute atomic E-state index is 5.35. The first-order chi connectivity index (χ1) is 7.60. The van der Waals surface area contributed by atoms with Crippen molar-refractivity contribution in [1.29, 1.82) is 0 Å². The van der Waals surface area contributed by atoms with Gasteiger partial charge < -0.3 is 9.47 Å². The van der Waals surface area contributed by atoms with Crippen LogP contribution in [-0.4, -0.2) is 20.0 Å². The van der Waals surface area contributed by atoms with Gasteiger partial charge in [-0.2, -0.15) is 0 Å². The lowest BCUT2D eigenvalue weighted by atomic mass is 10.1. The van der Waals surface area contributed by atoms with E-state index in [4.69, 9.17) is 15.9 Å². The highest BCUT2D eigenvalue weighted by molar-refractivity contribution is 5.13. The van der Waals surface area contributed by atoms with Crippen LogP contribution in [0.4, 0.5) is 0 Å². The van der Waals surface area contributed by atoms with Crippen molar-refractivity contribution in [2.75, 3.05) is 13.9 Å². The lowest BCUT2D eigenvalue weighted by Crippen LogP contribution is -2.09. The topological polar surface area (TPSA) is 18.5 Å². The van der Waals surface area contributed by atoms with E-state index in [0.717, 1.165) is 12.8 Å². The highest BCUT2D eigenvalue weighted by atomic mass is 16.7. The van der Waals surface area contributed by atoms with Crippen LogP contribution in [0.25, 0.3) is 0 Å². The van der Waals surface area contributed by atoms with Crippen molar-refractivity contribution in [3.63, 3.8) is 0 Å². The van der Waals surface area contributed by atoms with Gasteiger partial charge >= 0.3 is 0 Å². The van der Waals surface area contributed by atoms with E-state index in [0.29, 0.717) is 0 Å². The van der Waals surface area contributed by atoms with Gasteiger partial charge in [-0.05, 0) is 39.7 Å². The minimum absolute atomic E-state index is 0.229. The number of methoxy groups -OCH3 is 1. The number of rotatable bonds is 7. The van der Waals surface area contributed by atoms with Crippen molar-refractivity contribution in [2.45, 2.75) is 39.7 Å². The van der Waals surface area contributed by atoms with E-state index < -0.39 is 0 Å². The molecule has 0 N–H and O–H groups in total. The number of allylic oxidation sites excluding steroid dienone is 3. The van der Waals surface area contributed by atoms with Crippen LogP contribution >= 0.6 is 0 Å². The smallest absolute Gasteiger partial charge is 0.148 e. The molecule has 2 heteroatoms. The van der Waals surface area contributed by atoms with Crippen molar-refractivity contribution < 1.29 is 9.47 Å². The van der Waals surface area contributed by atoms with Crippen LogP contribution in [0, 0.1) is 12.3 Å². The Kier molecular flexibility index (Phi) is 8.61. The molecule has 0 heterocycles. The molecule has 0 spiro atoms. The Hall–Kier alpha value is -1.04. The van der Waals surface area contributed by atoms with Crippen LogP contribution in [0.1, 0.15) is 33.6 Å². The van der Waals surface area contributed by atoms with Gasteiger partial charge in [0.15, 0.2) is 0 Å². The van der Waals surface area contributed by atoms with Gasteiger partial charge in [0.1, 0.15) is 12.9 Å². The van der Waals surface area contributed by atoms with E-state index >= 15 is 0 Å². The Morgan fingerprint density at radius 3 is 2.56 bits per heavy atom. The van der Waals surface area contributed by atoms with Crippen LogP contribution in [0.5, 0.6) is 0 Å². The lowest BCUT2D eigenvalue weighted by molar-refractivity contribution is -0.0385. The van der Waals surface area contributed by atoms with Gasteiger partial charge in [0.2, 0.25) is 0 Å². The van der Waals surface area contributed by atoms with Crippen LogP contribution < -0.4 is 0 Å². The maximum atomic E-state index is 5.35. The Labute approximate surface area is 99.3 Å². The van der Waals surface area contributed by atoms with Gasteiger partial charge in [0, 0.05) is 7.11 Å². The highest BCUT2D eigenvalue weighted by Gasteiger charge is 2.01. The molecule has 0 aliphatic carbocycles. The van der Waals surface area contributed by atoms with Crippen molar-refractivity contribution in [3.8, 4) is 12.3 Å². The van der Waals surface area contributed by atoms with E-state index in [2.05, 4.69) is 32.8 Å². The fourth-order valence-corrected chi connectivity index (χ4v) is 1.22. The minimum Gasteiger partial charge on any atom is -0.359 e.